The zero-order valence-corrected chi connectivity index (χ0v) is 17.9. The summed E-state index contributed by atoms with van der Waals surface area (Å²) in [7, 11) is 0. The third kappa shape index (κ3) is 2.64. The summed E-state index contributed by atoms with van der Waals surface area (Å²) in [6.07, 6.45) is 4.07. The van der Waals surface area contributed by atoms with Gasteiger partial charge in [0.15, 0.2) is 0 Å². The quantitative estimate of drug-likeness (QED) is 0.639. The molecule has 1 aliphatic carbocycles. The minimum Gasteiger partial charge on any atom is -0.480 e. The van der Waals surface area contributed by atoms with E-state index in [4.69, 9.17) is 11.6 Å². The molecule has 162 valence electrons. The number of rotatable bonds is 2. The zero-order valence-electron chi connectivity index (χ0n) is 17.2. The van der Waals surface area contributed by atoms with Crippen LogP contribution in [0.15, 0.2) is 36.4 Å². The molecule has 5 nitrogen and oxygen atoms in total. The minimum absolute atomic E-state index is 0.0797. The van der Waals surface area contributed by atoms with Crippen molar-refractivity contribution in [3.8, 4) is 0 Å². The second-order valence-corrected chi connectivity index (χ2v) is 9.44. The molecule has 1 unspecified atom stereocenters. The molecule has 0 bridgehead atoms. The van der Waals surface area contributed by atoms with Gasteiger partial charge in [-0.2, -0.15) is 0 Å². The van der Waals surface area contributed by atoms with Crippen molar-refractivity contribution in [3.63, 3.8) is 0 Å². The molecular formula is C24H24ClFN2O3. The summed E-state index contributed by atoms with van der Waals surface area (Å²) in [5.74, 6) is -2.97. The molecule has 2 heterocycles. The van der Waals surface area contributed by atoms with Crippen LogP contribution in [-0.2, 0) is 15.0 Å². The van der Waals surface area contributed by atoms with Crippen molar-refractivity contribution >= 4 is 29.2 Å². The topological polar surface area (TPSA) is 78.4 Å². The Morgan fingerprint density at radius 1 is 1.19 bits per heavy atom. The number of carbonyl (C=O) groups excluding carboxylic acids is 1. The van der Waals surface area contributed by atoms with Crippen molar-refractivity contribution in [1.29, 1.82) is 0 Å². The van der Waals surface area contributed by atoms with Crippen molar-refractivity contribution in [2.45, 2.75) is 61.9 Å². The van der Waals surface area contributed by atoms with Gasteiger partial charge >= 0.3 is 5.97 Å². The standard InChI is InChI=1S/C24H24ClFN2O3/c1-13-8-9-15-17(12-13)27-22(31)24(15)18(14-6-5-7-16(25)19(14)26)20(21(29)30)28-23(24)10-3-2-4-11-23/h5-9,12,18,20,28H,2-4,10-11H2,1H3,(H,27,31)(H,29,30)/t18-,20?,24+/m0/s1. The van der Waals surface area contributed by atoms with Crippen LogP contribution in [0.5, 0.6) is 0 Å². The highest BCUT2D eigenvalue weighted by molar-refractivity contribution is 6.30. The Kier molecular flexibility index (Phi) is 4.65. The first kappa shape index (κ1) is 20.5. The van der Waals surface area contributed by atoms with Crippen LogP contribution in [0.2, 0.25) is 5.02 Å². The van der Waals surface area contributed by atoms with Crippen LogP contribution in [0.4, 0.5) is 10.1 Å². The van der Waals surface area contributed by atoms with E-state index in [2.05, 4.69) is 10.6 Å². The fourth-order valence-corrected chi connectivity index (χ4v) is 6.53. The second kappa shape index (κ2) is 7.04. The average Bonchev–Trinajstić information content (AvgIpc) is 3.18. The molecule has 2 aromatic carbocycles. The van der Waals surface area contributed by atoms with Crippen molar-refractivity contribution in [2.75, 3.05) is 5.32 Å². The Balaban J connectivity index is 1.86. The van der Waals surface area contributed by atoms with Crippen molar-refractivity contribution < 1.29 is 19.1 Å². The number of nitrogens with one attached hydrogen (secondary N) is 2. The first-order valence-corrected chi connectivity index (χ1v) is 11.1. The van der Waals surface area contributed by atoms with E-state index >= 15 is 4.39 Å². The van der Waals surface area contributed by atoms with Gasteiger partial charge in [0, 0.05) is 17.1 Å². The number of halogens is 2. The molecule has 3 N–H and O–H groups in total. The lowest BCUT2D eigenvalue weighted by Crippen LogP contribution is -2.60. The first-order chi connectivity index (χ1) is 14.8. The van der Waals surface area contributed by atoms with Crippen LogP contribution >= 0.6 is 11.6 Å². The zero-order chi connectivity index (χ0) is 22.0. The van der Waals surface area contributed by atoms with Gasteiger partial charge in [0.1, 0.15) is 17.3 Å². The molecule has 1 saturated carbocycles. The third-order valence-corrected chi connectivity index (χ3v) is 7.77. The van der Waals surface area contributed by atoms with Gasteiger partial charge in [0.05, 0.1) is 5.02 Å². The molecular weight excluding hydrogens is 419 g/mol. The maximum absolute atomic E-state index is 15.4. The van der Waals surface area contributed by atoms with E-state index in [1.807, 2.05) is 25.1 Å². The number of anilines is 1. The molecule has 3 aliphatic rings. The van der Waals surface area contributed by atoms with Crippen molar-refractivity contribution in [1.82, 2.24) is 5.32 Å². The predicted molar refractivity (Wildman–Crippen MR) is 116 cm³/mol. The molecule has 1 saturated heterocycles. The van der Waals surface area contributed by atoms with E-state index < -0.39 is 34.7 Å². The normalized spacial score (nSPS) is 28.7. The predicted octanol–water partition coefficient (Wildman–Crippen LogP) is 4.52. The number of carbonyl (C=O) groups is 2. The number of amides is 1. The third-order valence-electron chi connectivity index (χ3n) is 7.48. The van der Waals surface area contributed by atoms with Crippen LogP contribution < -0.4 is 10.6 Å². The van der Waals surface area contributed by atoms with Gasteiger partial charge in [-0.15, -0.1) is 0 Å². The lowest BCUT2D eigenvalue weighted by molar-refractivity contribution is -0.139. The largest absolute Gasteiger partial charge is 0.480 e. The van der Waals surface area contributed by atoms with Crippen LogP contribution in [0.25, 0.3) is 0 Å². The number of carboxylic acid groups (broad SMARTS) is 1. The molecule has 3 atom stereocenters. The summed E-state index contributed by atoms with van der Waals surface area (Å²) in [4.78, 5) is 26.4. The van der Waals surface area contributed by atoms with Crippen LogP contribution in [-0.4, -0.2) is 28.6 Å². The van der Waals surface area contributed by atoms with Crippen LogP contribution in [0.3, 0.4) is 0 Å². The molecule has 2 fully saturated rings. The molecule has 7 heteroatoms. The van der Waals surface area contributed by atoms with Crippen molar-refractivity contribution in [3.05, 3.63) is 63.9 Å². The fraction of sp³-hybridized carbons (Fsp3) is 0.417. The van der Waals surface area contributed by atoms with E-state index in [0.29, 0.717) is 18.5 Å². The van der Waals surface area contributed by atoms with Gasteiger partial charge in [0.2, 0.25) is 5.91 Å². The second-order valence-electron chi connectivity index (χ2n) is 9.03. The van der Waals surface area contributed by atoms with E-state index in [0.717, 1.165) is 30.4 Å². The maximum Gasteiger partial charge on any atom is 0.321 e. The molecule has 1 amide bonds. The Bertz CT molecular complexity index is 1100. The van der Waals surface area contributed by atoms with Crippen LogP contribution in [0.1, 0.15) is 54.7 Å². The SMILES string of the molecule is Cc1ccc2c(c1)NC(=O)[C@]21[C@@H](c2cccc(Cl)c2F)C(C(=O)O)NC12CCCCC2. The lowest BCUT2D eigenvalue weighted by atomic mass is 9.55. The van der Waals surface area contributed by atoms with Gasteiger partial charge in [-0.3, -0.25) is 14.9 Å². The molecule has 2 spiro atoms. The monoisotopic (exact) mass is 442 g/mol. The molecule has 5 rings (SSSR count). The van der Waals surface area contributed by atoms with Crippen LogP contribution in [0, 0.1) is 12.7 Å². The van der Waals surface area contributed by atoms with Gasteiger partial charge < -0.3 is 10.4 Å². The smallest absolute Gasteiger partial charge is 0.321 e. The molecule has 2 aromatic rings. The number of aryl methyl sites for hydroxylation is 1. The number of hydrogen-bond donors (Lipinski definition) is 3. The Morgan fingerprint density at radius 2 is 1.94 bits per heavy atom. The maximum atomic E-state index is 15.4. The Morgan fingerprint density at radius 3 is 2.65 bits per heavy atom. The highest BCUT2D eigenvalue weighted by atomic mass is 35.5. The number of fused-ring (bicyclic) bond motifs is 3. The highest BCUT2D eigenvalue weighted by Crippen LogP contribution is 2.62. The number of benzene rings is 2. The minimum atomic E-state index is -1.25. The first-order valence-electron chi connectivity index (χ1n) is 10.7. The average molecular weight is 443 g/mol. The highest BCUT2D eigenvalue weighted by Gasteiger charge is 2.72. The molecule has 0 radical (unpaired) electrons. The van der Waals surface area contributed by atoms with E-state index in [9.17, 15) is 14.7 Å². The summed E-state index contributed by atoms with van der Waals surface area (Å²) in [6.45, 7) is 1.94. The number of carboxylic acids is 1. The summed E-state index contributed by atoms with van der Waals surface area (Å²) >= 11 is 6.11. The number of hydrogen-bond acceptors (Lipinski definition) is 3. The summed E-state index contributed by atoms with van der Waals surface area (Å²) in [5, 5.41) is 16.5. The lowest BCUT2D eigenvalue weighted by Gasteiger charge is -2.47. The van der Waals surface area contributed by atoms with E-state index in [1.165, 1.54) is 6.07 Å². The van der Waals surface area contributed by atoms with Crippen molar-refractivity contribution in [2.24, 2.45) is 0 Å². The fourth-order valence-electron chi connectivity index (χ4n) is 6.35. The molecule has 0 aromatic heterocycles. The molecule has 31 heavy (non-hydrogen) atoms. The summed E-state index contributed by atoms with van der Waals surface area (Å²) in [5.41, 5.74) is 0.544. The summed E-state index contributed by atoms with van der Waals surface area (Å²) in [6, 6.07) is 9.22. The Hall–Kier alpha value is -2.44. The number of aliphatic carboxylic acids is 1. The van der Waals surface area contributed by atoms with E-state index in [1.54, 1.807) is 12.1 Å². The van der Waals surface area contributed by atoms with Gasteiger partial charge in [-0.05, 0) is 48.6 Å². The van der Waals surface area contributed by atoms with Gasteiger partial charge in [0.25, 0.3) is 0 Å². The molecule has 2 aliphatic heterocycles. The van der Waals surface area contributed by atoms with Gasteiger partial charge in [-0.25, -0.2) is 4.39 Å². The van der Waals surface area contributed by atoms with E-state index in [-0.39, 0.29) is 16.5 Å². The Labute approximate surface area is 185 Å². The summed E-state index contributed by atoms with van der Waals surface area (Å²) < 4.78 is 15.4. The van der Waals surface area contributed by atoms with Gasteiger partial charge in [-0.1, -0.05) is 55.1 Å².